The predicted octanol–water partition coefficient (Wildman–Crippen LogP) is 4.75. The summed E-state index contributed by atoms with van der Waals surface area (Å²) in [6.45, 7) is 2.42. The fourth-order valence-electron chi connectivity index (χ4n) is 2.64. The van der Waals surface area contributed by atoms with E-state index in [4.69, 9.17) is 11.6 Å². The largest absolute Gasteiger partial charge is 0.358 e. The van der Waals surface area contributed by atoms with Crippen molar-refractivity contribution in [2.75, 3.05) is 0 Å². The molecule has 0 fully saturated rings. The van der Waals surface area contributed by atoms with Gasteiger partial charge in [0.05, 0.1) is 6.42 Å². The molecule has 23 heavy (non-hydrogen) atoms. The smallest absolute Gasteiger partial charge is 0.224 e. The Labute approximate surface area is 148 Å². The predicted molar refractivity (Wildman–Crippen MR) is 97.7 cm³/mol. The Morgan fingerprint density at radius 1 is 1.26 bits per heavy atom. The first-order chi connectivity index (χ1) is 11.0. The fourth-order valence-corrected chi connectivity index (χ4v) is 3.38. The number of fused-ring (bicyclic) bond motifs is 1. The van der Waals surface area contributed by atoms with Gasteiger partial charge >= 0.3 is 0 Å². The van der Waals surface area contributed by atoms with Gasteiger partial charge < -0.3 is 10.3 Å². The molecular formula is C18H16BrClN2O. The van der Waals surface area contributed by atoms with Crippen LogP contribution in [0.5, 0.6) is 0 Å². The lowest BCUT2D eigenvalue weighted by Crippen LogP contribution is -2.24. The van der Waals surface area contributed by atoms with Crippen molar-refractivity contribution in [2.45, 2.75) is 19.9 Å². The average molecular weight is 392 g/mol. The van der Waals surface area contributed by atoms with E-state index in [1.807, 2.05) is 49.4 Å². The number of aromatic amines is 1. The molecule has 0 aliphatic carbocycles. The molecule has 3 aromatic rings. The summed E-state index contributed by atoms with van der Waals surface area (Å²) in [4.78, 5) is 15.6. The lowest BCUT2D eigenvalue weighted by atomic mass is 10.1. The van der Waals surface area contributed by atoms with E-state index in [0.717, 1.165) is 32.2 Å². The second-order valence-electron chi connectivity index (χ2n) is 5.46. The van der Waals surface area contributed by atoms with Crippen molar-refractivity contribution >= 4 is 44.3 Å². The molecule has 3 rings (SSSR count). The first-order valence-electron chi connectivity index (χ1n) is 7.31. The molecule has 118 valence electrons. The number of halogens is 2. The third kappa shape index (κ3) is 3.59. The Morgan fingerprint density at radius 3 is 2.83 bits per heavy atom. The van der Waals surface area contributed by atoms with Gasteiger partial charge in [-0.05, 0) is 36.2 Å². The highest BCUT2D eigenvalue weighted by molar-refractivity contribution is 9.10. The number of hydrogen-bond acceptors (Lipinski definition) is 1. The molecule has 5 heteroatoms. The van der Waals surface area contributed by atoms with Crippen molar-refractivity contribution in [3.63, 3.8) is 0 Å². The number of para-hydroxylation sites is 1. The van der Waals surface area contributed by atoms with Gasteiger partial charge in [-0.15, -0.1) is 0 Å². The molecule has 0 saturated heterocycles. The van der Waals surface area contributed by atoms with Crippen LogP contribution in [0.3, 0.4) is 0 Å². The van der Waals surface area contributed by atoms with E-state index < -0.39 is 0 Å². The van der Waals surface area contributed by atoms with Crippen LogP contribution < -0.4 is 5.32 Å². The third-order valence-electron chi connectivity index (χ3n) is 3.86. The van der Waals surface area contributed by atoms with Crippen LogP contribution in [0.15, 0.2) is 46.9 Å². The lowest BCUT2D eigenvalue weighted by Gasteiger charge is -2.08. The maximum Gasteiger partial charge on any atom is 0.224 e. The van der Waals surface area contributed by atoms with Gasteiger partial charge in [-0.25, -0.2) is 0 Å². The number of benzene rings is 2. The number of aromatic nitrogens is 1. The SMILES string of the molecule is Cc1[nH]c2ccccc2c1CC(=O)NCc1ccc(Br)cc1Cl. The van der Waals surface area contributed by atoms with Crippen LogP contribution in [0.25, 0.3) is 10.9 Å². The monoisotopic (exact) mass is 390 g/mol. The summed E-state index contributed by atoms with van der Waals surface area (Å²) in [5.41, 5.74) is 4.03. The summed E-state index contributed by atoms with van der Waals surface area (Å²) in [5, 5.41) is 4.68. The first kappa shape index (κ1) is 16.1. The molecule has 1 amide bonds. The summed E-state index contributed by atoms with van der Waals surface area (Å²) in [5.74, 6) is -0.0168. The number of H-pyrrole nitrogens is 1. The Kier molecular flexibility index (Phi) is 4.74. The molecule has 0 spiro atoms. The zero-order valence-electron chi connectivity index (χ0n) is 12.6. The molecule has 2 N–H and O–H groups in total. The number of carbonyl (C=O) groups is 1. The van der Waals surface area contributed by atoms with Gasteiger partial charge in [0.25, 0.3) is 0 Å². The number of amides is 1. The topological polar surface area (TPSA) is 44.9 Å². The van der Waals surface area contributed by atoms with Crippen molar-refractivity contribution in [2.24, 2.45) is 0 Å². The van der Waals surface area contributed by atoms with Crippen LogP contribution in [0.4, 0.5) is 0 Å². The number of aryl methyl sites for hydroxylation is 1. The van der Waals surface area contributed by atoms with Gasteiger partial charge in [-0.1, -0.05) is 51.8 Å². The van der Waals surface area contributed by atoms with E-state index >= 15 is 0 Å². The maximum absolute atomic E-state index is 12.3. The Bertz CT molecular complexity index is 873. The summed E-state index contributed by atoms with van der Waals surface area (Å²) in [6.07, 6.45) is 0.351. The minimum absolute atomic E-state index is 0.0168. The highest BCUT2D eigenvalue weighted by atomic mass is 79.9. The summed E-state index contributed by atoms with van der Waals surface area (Å²) >= 11 is 9.54. The van der Waals surface area contributed by atoms with Crippen LogP contribution in [0, 0.1) is 6.92 Å². The Balaban J connectivity index is 1.70. The van der Waals surface area contributed by atoms with Crippen LogP contribution in [0.1, 0.15) is 16.8 Å². The molecule has 1 heterocycles. The van der Waals surface area contributed by atoms with Gasteiger partial charge in [-0.2, -0.15) is 0 Å². The van der Waals surface area contributed by atoms with E-state index in [1.54, 1.807) is 0 Å². The highest BCUT2D eigenvalue weighted by Crippen LogP contribution is 2.23. The lowest BCUT2D eigenvalue weighted by molar-refractivity contribution is -0.120. The fraction of sp³-hybridized carbons (Fsp3) is 0.167. The van der Waals surface area contributed by atoms with E-state index in [1.165, 1.54) is 0 Å². The minimum atomic E-state index is -0.0168. The molecule has 2 aromatic carbocycles. The van der Waals surface area contributed by atoms with E-state index in [9.17, 15) is 4.79 Å². The Morgan fingerprint density at radius 2 is 2.04 bits per heavy atom. The normalized spacial score (nSPS) is 10.9. The summed E-state index contributed by atoms with van der Waals surface area (Å²) < 4.78 is 0.923. The molecule has 3 nitrogen and oxygen atoms in total. The first-order valence-corrected chi connectivity index (χ1v) is 8.48. The highest BCUT2D eigenvalue weighted by Gasteiger charge is 2.12. The Hall–Kier alpha value is -1.78. The van der Waals surface area contributed by atoms with Crippen molar-refractivity contribution in [1.82, 2.24) is 10.3 Å². The van der Waals surface area contributed by atoms with Gasteiger partial charge in [0.2, 0.25) is 5.91 Å². The average Bonchev–Trinajstić information content (AvgIpc) is 2.82. The van der Waals surface area contributed by atoms with Crippen molar-refractivity contribution < 1.29 is 4.79 Å². The summed E-state index contributed by atoms with van der Waals surface area (Å²) in [6, 6.07) is 13.7. The quantitative estimate of drug-likeness (QED) is 0.662. The van der Waals surface area contributed by atoms with Gasteiger partial charge in [0.15, 0.2) is 0 Å². The van der Waals surface area contributed by atoms with Crippen molar-refractivity contribution in [3.8, 4) is 0 Å². The zero-order valence-corrected chi connectivity index (χ0v) is 15.0. The number of carbonyl (C=O) groups excluding carboxylic acids is 1. The van der Waals surface area contributed by atoms with Crippen molar-refractivity contribution in [3.05, 3.63) is 68.8 Å². The van der Waals surface area contributed by atoms with Gasteiger partial charge in [-0.3, -0.25) is 4.79 Å². The summed E-state index contributed by atoms with van der Waals surface area (Å²) in [7, 11) is 0. The minimum Gasteiger partial charge on any atom is -0.358 e. The number of hydrogen-bond donors (Lipinski definition) is 2. The molecule has 0 radical (unpaired) electrons. The van der Waals surface area contributed by atoms with E-state index in [2.05, 4.69) is 26.2 Å². The van der Waals surface area contributed by atoms with Crippen LogP contribution in [-0.4, -0.2) is 10.9 Å². The van der Waals surface area contributed by atoms with Gasteiger partial charge in [0.1, 0.15) is 0 Å². The molecule has 0 unspecified atom stereocenters. The molecular weight excluding hydrogens is 376 g/mol. The second kappa shape index (κ2) is 6.77. The molecule has 0 atom stereocenters. The molecule has 0 aliphatic heterocycles. The zero-order chi connectivity index (χ0) is 16.4. The standard InChI is InChI=1S/C18H16BrClN2O/c1-11-15(14-4-2-3-5-17(14)22-11)9-18(23)21-10-12-6-7-13(19)8-16(12)20/h2-8,22H,9-10H2,1H3,(H,21,23). The number of rotatable bonds is 4. The second-order valence-corrected chi connectivity index (χ2v) is 6.79. The molecule has 0 aliphatic rings. The molecule has 0 bridgehead atoms. The van der Waals surface area contributed by atoms with E-state index in [-0.39, 0.29) is 5.91 Å². The maximum atomic E-state index is 12.3. The van der Waals surface area contributed by atoms with Gasteiger partial charge in [0, 0.05) is 32.6 Å². The van der Waals surface area contributed by atoms with Crippen molar-refractivity contribution in [1.29, 1.82) is 0 Å². The van der Waals surface area contributed by atoms with E-state index in [0.29, 0.717) is 18.0 Å². The van der Waals surface area contributed by atoms with Crippen LogP contribution in [-0.2, 0) is 17.8 Å². The molecule has 0 saturated carbocycles. The van der Waals surface area contributed by atoms with Crippen LogP contribution >= 0.6 is 27.5 Å². The molecule has 1 aromatic heterocycles. The van der Waals surface area contributed by atoms with Crippen LogP contribution in [0.2, 0.25) is 5.02 Å². The third-order valence-corrected chi connectivity index (χ3v) is 4.70. The number of nitrogens with one attached hydrogen (secondary N) is 2.